The van der Waals surface area contributed by atoms with E-state index >= 15 is 0 Å². The van der Waals surface area contributed by atoms with Crippen LogP contribution in [0.3, 0.4) is 0 Å². The fourth-order valence-electron chi connectivity index (χ4n) is 2.46. The highest BCUT2D eigenvalue weighted by molar-refractivity contribution is 7.92. The van der Waals surface area contributed by atoms with E-state index < -0.39 is 10.0 Å². The molecule has 0 saturated carbocycles. The molecule has 0 saturated heterocycles. The monoisotopic (exact) mass is 327 g/mol. The fourth-order valence-corrected chi connectivity index (χ4v) is 3.54. The quantitative estimate of drug-likeness (QED) is 0.789. The third-order valence-electron chi connectivity index (χ3n) is 3.68. The summed E-state index contributed by atoms with van der Waals surface area (Å²) in [6.45, 7) is 1.92. The molecule has 0 aliphatic heterocycles. The van der Waals surface area contributed by atoms with Crippen LogP contribution >= 0.6 is 0 Å². The van der Waals surface area contributed by atoms with Crippen LogP contribution in [-0.4, -0.2) is 15.5 Å². The topological polar surface area (TPSA) is 55.4 Å². The molecule has 3 aromatic carbocycles. The van der Waals surface area contributed by atoms with Gasteiger partial charge >= 0.3 is 0 Å². The first-order valence-corrected chi connectivity index (χ1v) is 8.65. The number of anilines is 1. The van der Waals surface area contributed by atoms with Crippen LogP contribution in [0.2, 0.25) is 0 Å². The number of benzene rings is 3. The molecule has 0 amide bonds. The minimum Gasteiger partial charge on any atom is -0.496 e. The normalized spacial score (nSPS) is 11.4. The number of sulfonamides is 1. The number of rotatable bonds is 4. The Kier molecular flexibility index (Phi) is 3.96. The average molecular weight is 327 g/mol. The van der Waals surface area contributed by atoms with E-state index in [4.69, 9.17) is 4.74 Å². The summed E-state index contributed by atoms with van der Waals surface area (Å²) in [7, 11) is -2.04. The predicted octanol–water partition coefficient (Wildman–Crippen LogP) is 3.96. The van der Waals surface area contributed by atoms with Crippen molar-refractivity contribution in [3.8, 4) is 5.75 Å². The Bertz CT molecular complexity index is 948. The zero-order valence-electron chi connectivity index (χ0n) is 12.9. The molecule has 0 heterocycles. The largest absolute Gasteiger partial charge is 0.496 e. The van der Waals surface area contributed by atoms with E-state index in [-0.39, 0.29) is 4.90 Å². The third kappa shape index (κ3) is 3.00. The molecule has 4 nitrogen and oxygen atoms in total. The highest BCUT2D eigenvalue weighted by Gasteiger charge is 2.16. The van der Waals surface area contributed by atoms with E-state index in [0.29, 0.717) is 11.4 Å². The molecule has 0 spiro atoms. The first-order chi connectivity index (χ1) is 11.0. The van der Waals surface area contributed by atoms with Gasteiger partial charge in [0.2, 0.25) is 0 Å². The fraction of sp³-hybridized carbons (Fsp3) is 0.111. The number of aryl methyl sites for hydroxylation is 1. The second-order valence-corrected chi connectivity index (χ2v) is 6.96. The summed E-state index contributed by atoms with van der Waals surface area (Å²) in [5.41, 5.74) is 1.54. The van der Waals surface area contributed by atoms with Gasteiger partial charge in [-0.3, -0.25) is 4.72 Å². The molecule has 1 N–H and O–H groups in total. The maximum atomic E-state index is 12.6. The summed E-state index contributed by atoms with van der Waals surface area (Å²) in [5, 5.41) is 1.65. The number of hydrogen-bond donors (Lipinski definition) is 1. The van der Waals surface area contributed by atoms with E-state index in [0.717, 1.165) is 16.3 Å². The molecule has 0 fully saturated rings. The summed E-state index contributed by atoms with van der Waals surface area (Å²) < 4.78 is 33.1. The molecule has 118 valence electrons. The van der Waals surface area contributed by atoms with Crippen molar-refractivity contribution in [2.45, 2.75) is 11.8 Å². The predicted molar refractivity (Wildman–Crippen MR) is 92.5 cm³/mol. The van der Waals surface area contributed by atoms with Crippen LogP contribution in [-0.2, 0) is 10.0 Å². The van der Waals surface area contributed by atoms with Crippen molar-refractivity contribution in [3.05, 3.63) is 66.2 Å². The van der Waals surface area contributed by atoms with Crippen LogP contribution in [0.25, 0.3) is 10.8 Å². The second kappa shape index (κ2) is 5.93. The molecular weight excluding hydrogens is 310 g/mol. The molecule has 0 aliphatic rings. The molecule has 0 bridgehead atoms. The van der Waals surface area contributed by atoms with Crippen LogP contribution in [0.4, 0.5) is 5.69 Å². The first-order valence-electron chi connectivity index (χ1n) is 7.16. The van der Waals surface area contributed by atoms with Gasteiger partial charge in [0, 0.05) is 10.8 Å². The third-order valence-corrected chi connectivity index (χ3v) is 5.06. The van der Waals surface area contributed by atoms with Gasteiger partial charge in [-0.15, -0.1) is 0 Å². The average Bonchev–Trinajstić information content (AvgIpc) is 2.55. The minimum absolute atomic E-state index is 0.239. The van der Waals surface area contributed by atoms with Crippen LogP contribution in [0.15, 0.2) is 65.6 Å². The Morgan fingerprint density at radius 2 is 1.52 bits per heavy atom. The molecule has 3 aromatic rings. The molecule has 5 heteroatoms. The van der Waals surface area contributed by atoms with Crippen molar-refractivity contribution in [1.82, 2.24) is 0 Å². The zero-order valence-corrected chi connectivity index (χ0v) is 13.7. The number of nitrogens with one attached hydrogen (secondary N) is 1. The maximum absolute atomic E-state index is 12.6. The van der Waals surface area contributed by atoms with E-state index in [1.807, 2.05) is 31.2 Å². The van der Waals surface area contributed by atoms with Crippen molar-refractivity contribution in [2.24, 2.45) is 0 Å². The van der Waals surface area contributed by atoms with Crippen LogP contribution in [0.5, 0.6) is 5.75 Å². The number of fused-ring (bicyclic) bond motifs is 1. The molecule has 0 atom stereocenters. The van der Waals surface area contributed by atoms with Crippen molar-refractivity contribution >= 4 is 26.5 Å². The van der Waals surface area contributed by atoms with E-state index in [1.54, 1.807) is 43.5 Å². The highest BCUT2D eigenvalue weighted by atomic mass is 32.2. The summed E-state index contributed by atoms with van der Waals surface area (Å²) in [4.78, 5) is 0.239. The van der Waals surface area contributed by atoms with Crippen LogP contribution in [0, 0.1) is 6.92 Å². The Balaban J connectivity index is 2.06. The molecule has 23 heavy (non-hydrogen) atoms. The van der Waals surface area contributed by atoms with Gasteiger partial charge in [0.25, 0.3) is 10.0 Å². The Morgan fingerprint density at radius 1 is 0.870 bits per heavy atom. The lowest BCUT2D eigenvalue weighted by molar-refractivity contribution is 0.420. The molecule has 0 unspecified atom stereocenters. The molecule has 0 radical (unpaired) electrons. The molecule has 3 rings (SSSR count). The molecule has 0 aromatic heterocycles. The van der Waals surface area contributed by atoms with Gasteiger partial charge < -0.3 is 4.74 Å². The van der Waals surface area contributed by atoms with Crippen LogP contribution < -0.4 is 9.46 Å². The van der Waals surface area contributed by atoms with Gasteiger partial charge in [0.05, 0.1) is 17.7 Å². The number of ether oxygens (including phenoxy) is 1. The van der Waals surface area contributed by atoms with E-state index in [2.05, 4.69) is 4.72 Å². The lowest BCUT2D eigenvalue weighted by Gasteiger charge is -2.13. The van der Waals surface area contributed by atoms with Gasteiger partial charge in [0.15, 0.2) is 0 Å². The van der Waals surface area contributed by atoms with Crippen molar-refractivity contribution < 1.29 is 13.2 Å². The van der Waals surface area contributed by atoms with E-state index in [1.165, 1.54) is 0 Å². The minimum atomic E-state index is -3.63. The van der Waals surface area contributed by atoms with Crippen molar-refractivity contribution in [3.63, 3.8) is 0 Å². The van der Waals surface area contributed by atoms with Gasteiger partial charge in [0.1, 0.15) is 5.75 Å². The van der Waals surface area contributed by atoms with Crippen molar-refractivity contribution in [1.29, 1.82) is 0 Å². The lowest BCUT2D eigenvalue weighted by atomic mass is 10.1. The Hall–Kier alpha value is -2.53. The lowest BCUT2D eigenvalue weighted by Crippen LogP contribution is -2.13. The summed E-state index contributed by atoms with van der Waals surface area (Å²) >= 11 is 0. The van der Waals surface area contributed by atoms with Gasteiger partial charge in [-0.2, -0.15) is 0 Å². The Morgan fingerprint density at radius 3 is 2.17 bits per heavy atom. The second-order valence-electron chi connectivity index (χ2n) is 5.28. The summed E-state index contributed by atoms with van der Waals surface area (Å²) in [6.07, 6.45) is 0. The van der Waals surface area contributed by atoms with E-state index in [9.17, 15) is 8.42 Å². The molecular formula is C18H17NO3S. The van der Waals surface area contributed by atoms with Crippen molar-refractivity contribution in [2.75, 3.05) is 11.8 Å². The highest BCUT2D eigenvalue weighted by Crippen LogP contribution is 2.32. The number of methoxy groups -OCH3 is 1. The number of hydrogen-bond acceptors (Lipinski definition) is 3. The smallest absolute Gasteiger partial charge is 0.261 e. The van der Waals surface area contributed by atoms with Gasteiger partial charge in [-0.05, 0) is 31.2 Å². The van der Waals surface area contributed by atoms with Gasteiger partial charge in [-0.25, -0.2) is 8.42 Å². The standard InChI is InChI=1S/C18H17NO3S/c1-13-7-9-14(10-8-13)23(20,21)19-17-11-12-18(22-2)16-6-4-3-5-15(16)17/h3-12,19H,1-2H3. The first kappa shape index (κ1) is 15.4. The zero-order chi connectivity index (χ0) is 16.4. The summed E-state index contributed by atoms with van der Waals surface area (Å²) in [6, 6.07) is 17.8. The molecule has 0 aliphatic carbocycles. The summed E-state index contributed by atoms with van der Waals surface area (Å²) in [5.74, 6) is 0.707. The maximum Gasteiger partial charge on any atom is 0.261 e. The Labute approximate surface area is 135 Å². The SMILES string of the molecule is COc1ccc(NS(=O)(=O)c2ccc(C)cc2)c2ccccc12. The van der Waals surface area contributed by atoms with Gasteiger partial charge in [-0.1, -0.05) is 42.0 Å². The van der Waals surface area contributed by atoms with Crippen LogP contribution in [0.1, 0.15) is 5.56 Å².